The van der Waals surface area contributed by atoms with E-state index in [1.807, 2.05) is 24.3 Å². The van der Waals surface area contributed by atoms with Crippen LogP contribution in [0.15, 0.2) is 48.5 Å². The van der Waals surface area contributed by atoms with Crippen LogP contribution in [-0.2, 0) is 17.9 Å². The molecule has 0 spiro atoms. The number of carbonyl (C=O) groups excluding carboxylic acids is 1. The number of hydrogen-bond acceptors (Lipinski definition) is 4. The summed E-state index contributed by atoms with van der Waals surface area (Å²) in [7, 11) is 1.64. The first kappa shape index (κ1) is 23.7. The fourth-order valence-electron chi connectivity index (χ4n) is 3.53. The third-order valence-corrected chi connectivity index (χ3v) is 5.28. The van der Waals surface area contributed by atoms with Crippen molar-refractivity contribution in [1.29, 1.82) is 0 Å². The molecule has 0 aliphatic carbocycles. The van der Waals surface area contributed by atoms with E-state index in [4.69, 9.17) is 4.74 Å². The summed E-state index contributed by atoms with van der Waals surface area (Å²) in [5.74, 6) is 0.825. The van der Waals surface area contributed by atoms with Crippen LogP contribution in [0.2, 0.25) is 0 Å². The zero-order valence-corrected chi connectivity index (χ0v) is 18.0. The molecule has 2 aromatic rings. The Morgan fingerprint density at radius 1 is 1.03 bits per heavy atom. The van der Waals surface area contributed by atoms with Crippen molar-refractivity contribution in [3.05, 3.63) is 59.7 Å². The van der Waals surface area contributed by atoms with Gasteiger partial charge in [0.1, 0.15) is 12.4 Å². The topological polar surface area (TPSA) is 62.8 Å². The number of halogens is 3. The van der Waals surface area contributed by atoms with Crippen molar-refractivity contribution < 1.29 is 27.4 Å². The van der Waals surface area contributed by atoms with Gasteiger partial charge in [0, 0.05) is 31.4 Å². The number of methoxy groups -OCH3 is 1. The molecule has 1 aliphatic rings. The Balaban J connectivity index is 1.35. The zero-order valence-electron chi connectivity index (χ0n) is 18.0. The van der Waals surface area contributed by atoms with Gasteiger partial charge in [0.2, 0.25) is 0 Å². The molecule has 1 heterocycles. The van der Waals surface area contributed by atoms with Gasteiger partial charge in [-0.15, -0.1) is 0 Å². The Bertz CT molecular complexity index is 850. The molecule has 0 aromatic heterocycles. The van der Waals surface area contributed by atoms with E-state index in [1.54, 1.807) is 31.4 Å². The number of urea groups is 1. The van der Waals surface area contributed by atoms with Gasteiger partial charge in [-0.05, 0) is 48.2 Å². The summed E-state index contributed by atoms with van der Waals surface area (Å²) in [5.41, 5.74) is 2.64. The maximum absolute atomic E-state index is 12.2. The van der Waals surface area contributed by atoms with Crippen LogP contribution in [0.3, 0.4) is 0 Å². The van der Waals surface area contributed by atoms with Gasteiger partial charge in [0.15, 0.2) is 0 Å². The Morgan fingerprint density at radius 3 is 2.25 bits per heavy atom. The van der Waals surface area contributed by atoms with Crippen molar-refractivity contribution in [2.75, 3.05) is 31.7 Å². The van der Waals surface area contributed by atoms with Crippen LogP contribution < -0.4 is 20.3 Å². The molecule has 0 unspecified atom stereocenters. The van der Waals surface area contributed by atoms with E-state index in [0.717, 1.165) is 42.9 Å². The molecule has 6 nitrogen and oxygen atoms in total. The Hall–Kier alpha value is -2.94. The summed E-state index contributed by atoms with van der Waals surface area (Å²) in [4.78, 5) is 14.5. The Morgan fingerprint density at radius 2 is 1.66 bits per heavy atom. The lowest BCUT2D eigenvalue weighted by Gasteiger charge is -2.34. The van der Waals surface area contributed by atoms with E-state index in [1.165, 1.54) is 0 Å². The van der Waals surface area contributed by atoms with Crippen LogP contribution in [0.25, 0.3) is 0 Å². The van der Waals surface area contributed by atoms with Gasteiger partial charge in [-0.2, -0.15) is 13.2 Å². The SMILES string of the molecule is COc1ccc(N2CCC(NC(=O)NCc3ccc(COCC(F)(F)F)cc3)CC2)cc1. The Labute approximate surface area is 185 Å². The van der Waals surface area contributed by atoms with Crippen LogP contribution in [0.5, 0.6) is 5.75 Å². The van der Waals surface area contributed by atoms with E-state index >= 15 is 0 Å². The van der Waals surface area contributed by atoms with Gasteiger partial charge in [-0.25, -0.2) is 4.79 Å². The predicted molar refractivity (Wildman–Crippen MR) is 116 cm³/mol. The quantitative estimate of drug-likeness (QED) is 0.630. The van der Waals surface area contributed by atoms with Crippen molar-refractivity contribution in [2.45, 2.75) is 38.2 Å². The number of carbonyl (C=O) groups is 1. The van der Waals surface area contributed by atoms with Crippen molar-refractivity contribution in [1.82, 2.24) is 10.6 Å². The highest BCUT2D eigenvalue weighted by Gasteiger charge is 2.27. The van der Waals surface area contributed by atoms with Gasteiger partial charge >= 0.3 is 12.2 Å². The number of nitrogens with one attached hydrogen (secondary N) is 2. The smallest absolute Gasteiger partial charge is 0.411 e. The second kappa shape index (κ2) is 11.1. The molecular weight excluding hydrogens is 423 g/mol. The van der Waals surface area contributed by atoms with E-state index in [0.29, 0.717) is 12.1 Å². The first-order chi connectivity index (χ1) is 15.3. The van der Waals surface area contributed by atoms with Crippen molar-refractivity contribution in [2.24, 2.45) is 0 Å². The number of rotatable bonds is 8. The molecule has 2 aromatic carbocycles. The number of piperidine rings is 1. The summed E-state index contributed by atoms with van der Waals surface area (Å²) in [6.45, 7) is 0.670. The predicted octanol–water partition coefficient (Wildman–Crippen LogP) is 4.24. The highest BCUT2D eigenvalue weighted by molar-refractivity contribution is 5.74. The van der Waals surface area contributed by atoms with Crippen molar-refractivity contribution in [3.8, 4) is 5.75 Å². The third kappa shape index (κ3) is 7.64. The molecule has 0 bridgehead atoms. The summed E-state index contributed by atoms with van der Waals surface area (Å²) in [5, 5.41) is 5.84. The molecule has 9 heteroatoms. The standard InChI is InChI=1S/C23H28F3N3O3/c1-31-21-8-6-20(7-9-21)29-12-10-19(11-13-29)28-22(30)27-14-17-2-4-18(5-3-17)15-32-16-23(24,25)26/h2-9,19H,10-16H2,1H3,(H2,27,28,30). The third-order valence-electron chi connectivity index (χ3n) is 5.28. The second-order valence-electron chi connectivity index (χ2n) is 7.71. The van der Waals surface area contributed by atoms with Gasteiger partial charge in [0.25, 0.3) is 0 Å². The minimum Gasteiger partial charge on any atom is -0.497 e. The van der Waals surface area contributed by atoms with Gasteiger partial charge < -0.3 is 25.0 Å². The number of ether oxygens (including phenoxy) is 2. The van der Waals surface area contributed by atoms with Crippen LogP contribution in [0, 0.1) is 0 Å². The molecule has 3 rings (SSSR count). The first-order valence-corrected chi connectivity index (χ1v) is 10.5. The minimum absolute atomic E-state index is 0.108. The average Bonchev–Trinajstić information content (AvgIpc) is 2.78. The zero-order chi connectivity index (χ0) is 23.0. The molecule has 0 radical (unpaired) electrons. The van der Waals surface area contributed by atoms with Gasteiger partial charge in [0.05, 0.1) is 13.7 Å². The number of amides is 2. The van der Waals surface area contributed by atoms with E-state index in [9.17, 15) is 18.0 Å². The highest BCUT2D eigenvalue weighted by Crippen LogP contribution is 2.23. The fourth-order valence-corrected chi connectivity index (χ4v) is 3.53. The summed E-state index contributed by atoms with van der Waals surface area (Å²) in [6, 6.07) is 14.7. The molecule has 0 atom stereocenters. The van der Waals surface area contributed by atoms with Gasteiger partial charge in [-0.3, -0.25) is 0 Å². The first-order valence-electron chi connectivity index (χ1n) is 10.5. The lowest BCUT2D eigenvalue weighted by molar-refractivity contribution is -0.176. The second-order valence-corrected chi connectivity index (χ2v) is 7.71. The normalized spacial score (nSPS) is 14.8. The van der Waals surface area contributed by atoms with Crippen LogP contribution in [0.1, 0.15) is 24.0 Å². The molecule has 174 valence electrons. The monoisotopic (exact) mass is 451 g/mol. The van der Waals surface area contributed by atoms with E-state index < -0.39 is 12.8 Å². The highest BCUT2D eigenvalue weighted by atomic mass is 19.4. The molecule has 32 heavy (non-hydrogen) atoms. The lowest BCUT2D eigenvalue weighted by Crippen LogP contribution is -2.47. The fraction of sp³-hybridized carbons (Fsp3) is 0.435. The van der Waals surface area contributed by atoms with E-state index in [2.05, 4.69) is 20.3 Å². The van der Waals surface area contributed by atoms with Crippen LogP contribution in [-0.4, -0.2) is 45.1 Å². The van der Waals surface area contributed by atoms with Crippen molar-refractivity contribution >= 4 is 11.7 Å². The number of anilines is 1. The maximum atomic E-state index is 12.2. The minimum atomic E-state index is -4.33. The van der Waals surface area contributed by atoms with Gasteiger partial charge in [-0.1, -0.05) is 24.3 Å². The molecule has 2 amide bonds. The van der Waals surface area contributed by atoms with Crippen LogP contribution >= 0.6 is 0 Å². The molecule has 1 aliphatic heterocycles. The number of benzene rings is 2. The van der Waals surface area contributed by atoms with Crippen molar-refractivity contribution in [3.63, 3.8) is 0 Å². The van der Waals surface area contributed by atoms with E-state index in [-0.39, 0.29) is 18.7 Å². The molecule has 1 fully saturated rings. The summed E-state index contributed by atoms with van der Waals surface area (Å²) in [6.07, 6.45) is -2.62. The Kier molecular flexibility index (Phi) is 8.21. The molecular formula is C23H28F3N3O3. The number of hydrogen-bond donors (Lipinski definition) is 2. The van der Waals surface area contributed by atoms with Crippen LogP contribution in [0.4, 0.5) is 23.7 Å². The summed E-state index contributed by atoms with van der Waals surface area (Å²) < 4.78 is 46.2. The average molecular weight is 451 g/mol. The number of alkyl halides is 3. The maximum Gasteiger partial charge on any atom is 0.411 e. The molecule has 1 saturated heterocycles. The number of nitrogens with zero attached hydrogens (tertiary/aromatic N) is 1. The summed E-state index contributed by atoms with van der Waals surface area (Å²) >= 11 is 0. The molecule has 2 N–H and O–H groups in total. The molecule has 0 saturated carbocycles. The lowest BCUT2D eigenvalue weighted by atomic mass is 10.0. The largest absolute Gasteiger partial charge is 0.497 e.